The summed E-state index contributed by atoms with van der Waals surface area (Å²) in [4.78, 5) is 12.5. The van der Waals surface area contributed by atoms with Crippen LogP contribution in [0.15, 0.2) is 42.1 Å². The SMILES string of the molecule is C=CCn1c(SC(C)C(=O)c2ccc(Cl)cc2)nnc1C1CC1. The van der Waals surface area contributed by atoms with Crippen LogP contribution in [0.2, 0.25) is 5.02 Å². The zero-order chi connectivity index (χ0) is 16.4. The summed E-state index contributed by atoms with van der Waals surface area (Å²) in [6, 6.07) is 6.98. The van der Waals surface area contributed by atoms with Crippen molar-refractivity contribution in [2.75, 3.05) is 0 Å². The van der Waals surface area contributed by atoms with Gasteiger partial charge in [-0.3, -0.25) is 4.79 Å². The number of hydrogen-bond acceptors (Lipinski definition) is 4. The number of ketones is 1. The fourth-order valence-electron chi connectivity index (χ4n) is 2.39. The molecule has 0 N–H and O–H groups in total. The van der Waals surface area contributed by atoms with E-state index in [-0.39, 0.29) is 11.0 Å². The van der Waals surface area contributed by atoms with Crippen LogP contribution in [0.4, 0.5) is 0 Å². The van der Waals surface area contributed by atoms with Crippen molar-refractivity contribution in [3.63, 3.8) is 0 Å². The molecule has 2 aromatic rings. The molecule has 0 saturated heterocycles. The second-order valence-corrected chi connectivity index (χ2v) is 7.39. The van der Waals surface area contributed by atoms with Crippen molar-refractivity contribution in [1.29, 1.82) is 0 Å². The molecule has 0 spiro atoms. The Hall–Kier alpha value is -1.59. The molecule has 4 nitrogen and oxygen atoms in total. The highest BCUT2D eigenvalue weighted by Crippen LogP contribution is 2.40. The van der Waals surface area contributed by atoms with Gasteiger partial charge >= 0.3 is 0 Å². The largest absolute Gasteiger partial charge is 0.302 e. The first-order chi connectivity index (χ1) is 11.1. The van der Waals surface area contributed by atoms with E-state index in [1.54, 1.807) is 24.3 Å². The van der Waals surface area contributed by atoms with Gasteiger partial charge in [0.15, 0.2) is 10.9 Å². The van der Waals surface area contributed by atoms with Crippen LogP contribution < -0.4 is 0 Å². The molecular weight excluding hydrogens is 330 g/mol. The van der Waals surface area contributed by atoms with Gasteiger partial charge in [-0.2, -0.15) is 0 Å². The maximum absolute atomic E-state index is 12.5. The summed E-state index contributed by atoms with van der Waals surface area (Å²) in [5, 5.41) is 9.76. The first-order valence-electron chi connectivity index (χ1n) is 7.60. The molecule has 0 amide bonds. The predicted molar refractivity (Wildman–Crippen MR) is 93.3 cm³/mol. The molecule has 1 saturated carbocycles. The Kier molecular flexibility index (Phi) is 4.87. The van der Waals surface area contributed by atoms with E-state index in [0.29, 0.717) is 23.0 Å². The molecule has 1 fully saturated rings. The van der Waals surface area contributed by atoms with Gasteiger partial charge in [0.2, 0.25) is 0 Å². The van der Waals surface area contributed by atoms with Crippen molar-refractivity contribution in [2.45, 2.75) is 42.6 Å². The molecule has 6 heteroatoms. The highest BCUT2D eigenvalue weighted by molar-refractivity contribution is 8.00. The topological polar surface area (TPSA) is 47.8 Å². The monoisotopic (exact) mass is 347 g/mol. The lowest BCUT2D eigenvalue weighted by Gasteiger charge is -2.11. The first kappa shape index (κ1) is 16.3. The first-order valence-corrected chi connectivity index (χ1v) is 8.86. The number of allylic oxidation sites excluding steroid dienone is 1. The van der Waals surface area contributed by atoms with Crippen LogP contribution in [-0.2, 0) is 6.54 Å². The molecule has 0 bridgehead atoms. The van der Waals surface area contributed by atoms with Gasteiger partial charge in [-0.05, 0) is 44.0 Å². The van der Waals surface area contributed by atoms with Crippen molar-refractivity contribution in [2.24, 2.45) is 0 Å². The lowest BCUT2D eigenvalue weighted by molar-refractivity contribution is 0.0994. The molecule has 0 radical (unpaired) electrons. The molecule has 1 unspecified atom stereocenters. The molecular formula is C17H18ClN3OS. The average Bonchev–Trinajstić information content (AvgIpc) is 3.32. The highest BCUT2D eigenvalue weighted by Gasteiger charge is 2.31. The van der Waals surface area contributed by atoms with Crippen LogP contribution in [0.25, 0.3) is 0 Å². The van der Waals surface area contributed by atoms with Gasteiger partial charge in [0.05, 0.1) is 5.25 Å². The summed E-state index contributed by atoms with van der Waals surface area (Å²) < 4.78 is 2.07. The van der Waals surface area contributed by atoms with Gasteiger partial charge in [0.25, 0.3) is 0 Å². The quantitative estimate of drug-likeness (QED) is 0.424. The molecule has 1 heterocycles. The number of rotatable bonds is 7. The predicted octanol–water partition coefficient (Wildman–Crippen LogP) is 4.36. The van der Waals surface area contributed by atoms with Crippen LogP contribution >= 0.6 is 23.4 Å². The second-order valence-electron chi connectivity index (χ2n) is 5.65. The Bertz CT molecular complexity index is 722. The van der Waals surface area contributed by atoms with E-state index in [9.17, 15) is 4.79 Å². The molecule has 3 rings (SSSR count). The molecule has 120 valence electrons. The van der Waals surface area contributed by atoms with Gasteiger partial charge < -0.3 is 4.57 Å². The summed E-state index contributed by atoms with van der Waals surface area (Å²) in [6.07, 6.45) is 4.17. The number of Topliss-reactive ketones (excluding diaryl/α,β-unsaturated/α-hetero) is 1. The molecule has 1 aliphatic carbocycles. The molecule has 1 aromatic carbocycles. The van der Waals surface area contributed by atoms with Gasteiger partial charge in [-0.25, -0.2) is 0 Å². The Morgan fingerprint density at radius 2 is 2.13 bits per heavy atom. The minimum atomic E-state index is -0.240. The zero-order valence-electron chi connectivity index (χ0n) is 12.9. The van der Waals surface area contributed by atoms with E-state index in [0.717, 1.165) is 11.0 Å². The third-order valence-corrected chi connectivity index (χ3v) is 5.11. The molecule has 1 atom stereocenters. The minimum absolute atomic E-state index is 0.0628. The van der Waals surface area contributed by atoms with Crippen LogP contribution in [0.3, 0.4) is 0 Å². The molecule has 23 heavy (non-hydrogen) atoms. The number of halogens is 1. The lowest BCUT2D eigenvalue weighted by atomic mass is 10.1. The fraction of sp³-hybridized carbons (Fsp3) is 0.353. The third kappa shape index (κ3) is 3.67. The smallest absolute Gasteiger partial charge is 0.192 e. The number of aromatic nitrogens is 3. The molecule has 1 aromatic heterocycles. The highest BCUT2D eigenvalue weighted by atomic mass is 35.5. The Labute approximate surface area is 144 Å². The van der Waals surface area contributed by atoms with Crippen molar-refractivity contribution in [1.82, 2.24) is 14.8 Å². The van der Waals surface area contributed by atoms with Gasteiger partial charge in [0, 0.05) is 23.0 Å². The van der Waals surface area contributed by atoms with Crippen molar-refractivity contribution >= 4 is 29.1 Å². The van der Waals surface area contributed by atoms with Gasteiger partial charge in [-0.15, -0.1) is 16.8 Å². The molecule has 1 aliphatic rings. The van der Waals surface area contributed by atoms with Gasteiger partial charge in [0.1, 0.15) is 5.82 Å². The Morgan fingerprint density at radius 3 is 2.74 bits per heavy atom. The minimum Gasteiger partial charge on any atom is -0.302 e. The van der Waals surface area contributed by atoms with E-state index < -0.39 is 0 Å². The number of carbonyl (C=O) groups is 1. The number of thioether (sulfide) groups is 1. The van der Waals surface area contributed by atoms with Crippen LogP contribution in [0, 0.1) is 0 Å². The maximum atomic E-state index is 12.5. The standard InChI is InChI=1S/C17H18ClN3OS/c1-3-10-21-16(13-4-5-13)19-20-17(21)23-11(2)15(22)12-6-8-14(18)9-7-12/h3,6-9,11,13H,1,4-5,10H2,2H3. The Morgan fingerprint density at radius 1 is 1.43 bits per heavy atom. The van der Waals surface area contributed by atoms with E-state index >= 15 is 0 Å². The van der Waals surface area contributed by atoms with Crippen LogP contribution in [0.5, 0.6) is 0 Å². The van der Waals surface area contributed by atoms with Crippen molar-refractivity contribution in [3.05, 3.63) is 53.3 Å². The van der Waals surface area contributed by atoms with Gasteiger partial charge in [-0.1, -0.05) is 29.4 Å². The zero-order valence-corrected chi connectivity index (χ0v) is 14.5. The van der Waals surface area contributed by atoms with E-state index in [4.69, 9.17) is 11.6 Å². The summed E-state index contributed by atoms with van der Waals surface area (Å²) in [5.41, 5.74) is 0.659. The third-order valence-electron chi connectivity index (χ3n) is 3.78. The number of hydrogen-bond donors (Lipinski definition) is 0. The number of nitrogens with zero attached hydrogens (tertiary/aromatic N) is 3. The van der Waals surface area contributed by atoms with Crippen molar-refractivity contribution < 1.29 is 4.79 Å². The fourth-order valence-corrected chi connectivity index (χ4v) is 3.46. The van der Waals surface area contributed by atoms with Crippen molar-refractivity contribution in [3.8, 4) is 0 Å². The van der Waals surface area contributed by atoms with E-state index in [2.05, 4.69) is 21.3 Å². The lowest BCUT2D eigenvalue weighted by Crippen LogP contribution is -2.15. The normalized spacial score (nSPS) is 15.4. The second kappa shape index (κ2) is 6.89. The molecule has 0 aliphatic heterocycles. The van der Waals surface area contributed by atoms with Crippen LogP contribution in [0.1, 0.15) is 41.9 Å². The maximum Gasteiger partial charge on any atom is 0.192 e. The summed E-state index contributed by atoms with van der Waals surface area (Å²) in [5.74, 6) is 1.59. The van der Waals surface area contributed by atoms with E-state index in [1.165, 1.54) is 24.6 Å². The Balaban J connectivity index is 1.76. The summed E-state index contributed by atoms with van der Waals surface area (Å²) in [7, 11) is 0. The van der Waals surface area contributed by atoms with E-state index in [1.807, 2.05) is 13.0 Å². The van der Waals surface area contributed by atoms with Crippen LogP contribution in [-0.4, -0.2) is 25.8 Å². The average molecular weight is 348 g/mol. The number of carbonyl (C=O) groups excluding carboxylic acids is 1. The summed E-state index contributed by atoms with van der Waals surface area (Å²) in [6.45, 7) is 6.37. The summed E-state index contributed by atoms with van der Waals surface area (Å²) >= 11 is 7.31. The number of benzene rings is 1.